The van der Waals surface area contributed by atoms with Crippen molar-refractivity contribution in [1.82, 2.24) is 4.90 Å². The van der Waals surface area contributed by atoms with Crippen molar-refractivity contribution in [3.8, 4) is 17.2 Å². The Bertz CT molecular complexity index is 765. The van der Waals surface area contributed by atoms with Crippen LogP contribution in [0.4, 0.5) is 4.39 Å². The second-order valence-corrected chi connectivity index (χ2v) is 5.76. The van der Waals surface area contributed by atoms with Gasteiger partial charge in [0.05, 0.1) is 0 Å². The van der Waals surface area contributed by atoms with E-state index in [9.17, 15) is 9.18 Å². The van der Waals surface area contributed by atoms with Crippen molar-refractivity contribution < 1.29 is 23.4 Å². The third kappa shape index (κ3) is 4.02. The maximum atomic E-state index is 13.2. The van der Waals surface area contributed by atoms with E-state index in [1.807, 2.05) is 25.1 Å². The molecule has 0 radical (unpaired) electrons. The molecule has 3 rings (SSSR count). The molecule has 1 amide bonds. The van der Waals surface area contributed by atoms with Gasteiger partial charge >= 0.3 is 0 Å². The van der Waals surface area contributed by atoms with E-state index in [0.29, 0.717) is 30.3 Å². The molecule has 2 aromatic rings. The lowest BCUT2D eigenvalue weighted by Gasteiger charge is -2.25. The molecule has 1 aliphatic rings. The fourth-order valence-corrected chi connectivity index (χ4v) is 2.66. The summed E-state index contributed by atoms with van der Waals surface area (Å²) < 4.78 is 29.5. The van der Waals surface area contributed by atoms with E-state index in [1.54, 1.807) is 24.0 Å². The van der Waals surface area contributed by atoms with Gasteiger partial charge in [-0.25, -0.2) is 4.39 Å². The summed E-state index contributed by atoms with van der Waals surface area (Å²) >= 11 is 0. The normalized spacial score (nSPS) is 13.4. The van der Waals surface area contributed by atoms with Crippen LogP contribution in [0.15, 0.2) is 42.5 Å². The van der Waals surface area contributed by atoms with Crippen LogP contribution in [-0.4, -0.2) is 30.2 Å². The van der Waals surface area contributed by atoms with Crippen LogP contribution in [0.25, 0.3) is 0 Å². The number of fused-ring (bicyclic) bond motifs is 1. The van der Waals surface area contributed by atoms with Crippen molar-refractivity contribution in [2.24, 2.45) is 0 Å². The molecule has 1 aliphatic heterocycles. The van der Waals surface area contributed by atoms with Crippen LogP contribution in [0.5, 0.6) is 17.2 Å². The van der Waals surface area contributed by atoms with Crippen LogP contribution in [0.3, 0.4) is 0 Å². The SMILES string of the molecule is CCN(Cc1ccc2c(c1)OCO2)C(=O)C(C)Oc1cccc(F)c1. The number of amides is 1. The summed E-state index contributed by atoms with van der Waals surface area (Å²) in [7, 11) is 0. The van der Waals surface area contributed by atoms with Crippen molar-refractivity contribution in [1.29, 1.82) is 0 Å². The van der Waals surface area contributed by atoms with E-state index < -0.39 is 11.9 Å². The van der Waals surface area contributed by atoms with Gasteiger partial charge in [0.25, 0.3) is 5.91 Å². The van der Waals surface area contributed by atoms with E-state index in [0.717, 1.165) is 5.56 Å². The second kappa shape index (κ2) is 7.42. The minimum absolute atomic E-state index is 0.163. The number of likely N-dealkylation sites (N-methyl/N-ethyl adjacent to an activating group) is 1. The molecule has 0 fully saturated rings. The molecule has 0 aliphatic carbocycles. The first-order valence-electron chi connectivity index (χ1n) is 8.16. The second-order valence-electron chi connectivity index (χ2n) is 5.76. The molecule has 0 saturated heterocycles. The van der Waals surface area contributed by atoms with Crippen LogP contribution < -0.4 is 14.2 Å². The van der Waals surface area contributed by atoms with Crippen LogP contribution in [0.1, 0.15) is 19.4 Å². The van der Waals surface area contributed by atoms with E-state index in [-0.39, 0.29) is 12.7 Å². The number of carbonyl (C=O) groups excluding carboxylic acids is 1. The molecule has 1 atom stereocenters. The molecule has 5 nitrogen and oxygen atoms in total. The van der Waals surface area contributed by atoms with Crippen molar-refractivity contribution in [3.05, 3.63) is 53.8 Å². The number of nitrogens with zero attached hydrogens (tertiary/aromatic N) is 1. The maximum Gasteiger partial charge on any atom is 0.263 e. The largest absolute Gasteiger partial charge is 0.481 e. The third-order valence-electron chi connectivity index (χ3n) is 3.96. The smallest absolute Gasteiger partial charge is 0.263 e. The first kappa shape index (κ1) is 17.1. The van der Waals surface area contributed by atoms with Crippen LogP contribution >= 0.6 is 0 Å². The Hall–Kier alpha value is -2.76. The molecule has 6 heteroatoms. The Morgan fingerprint density at radius 3 is 2.80 bits per heavy atom. The first-order valence-corrected chi connectivity index (χ1v) is 8.16. The number of hydrogen-bond acceptors (Lipinski definition) is 4. The quantitative estimate of drug-likeness (QED) is 0.805. The van der Waals surface area contributed by atoms with Crippen LogP contribution in [0, 0.1) is 5.82 Å². The Balaban J connectivity index is 1.66. The molecule has 0 bridgehead atoms. The minimum atomic E-state index is -0.712. The highest BCUT2D eigenvalue weighted by molar-refractivity contribution is 5.80. The molecule has 1 unspecified atom stereocenters. The summed E-state index contributed by atoms with van der Waals surface area (Å²) in [5.74, 6) is 1.17. The molecule has 2 aromatic carbocycles. The summed E-state index contributed by atoms with van der Waals surface area (Å²) in [6.45, 7) is 4.75. The molecular formula is C19H20FNO4. The van der Waals surface area contributed by atoms with Gasteiger partial charge in [-0.1, -0.05) is 12.1 Å². The topological polar surface area (TPSA) is 48.0 Å². The van der Waals surface area contributed by atoms with Gasteiger partial charge in [0, 0.05) is 19.2 Å². The zero-order valence-electron chi connectivity index (χ0n) is 14.2. The highest BCUT2D eigenvalue weighted by atomic mass is 19.1. The molecule has 25 heavy (non-hydrogen) atoms. The van der Waals surface area contributed by atoms with Gasteiger partial charge in [0.1, 0.15) is 11.6 Å². The molecular weight excluding hydrogens is 325 g/mol. The highest BCUT2D eigenvalue weighted by Gasteiger charge is 2.22. The van der Waals surface area contributed by atoms with Gasteiger partial charge in [0.15, 0.2) is 17.6 Å². The third-order valence-corrected chi connectivity index (χ3v) is 3.96. The number of carbonyl (C=O) groups is 1. The van der Waals surface area contributed by atoms with Gasteiger partial charge in [-0.05, 0) is 43.7 Å². The predicted molar refractivity (Wildman–Crippen MR) is 90.1 cm³/mol. The molecule has 132 valence electrons. The lowest BCUT2D eigenvalue weighted by Crippen LogP contribution is -2.40. The maximum absolute atomic E-state index is 13.2. The molecule has 0 N–H and O–H groups in total. The van der Waals surface area contributed by atoms with Crippen molar-refractivity contribution in [3.63, 3.8) is 0 Å². The van der Waals surface area contributed by atoms with Crippen molar-refractivity contribution in [2.45, 2.75) is 26.5 Å². The number of rotatable bonds is 6. The number of halogens is 1. The zero-order chi connectivity index (χ0) is 17.8. The Kier molecular flexibility index (Phi) is 5.07. The van der Waals surface area contributed by atoms with Crippen LogP contribution in [-0.2, 0) is 11.3 Å². The average molecular weight is 345 g/mol. The first-order chi connectivity index (χ1) is 12.1. The Morgan fingerprint density at radius 1 is 1.24 bits per heavy atom. The highest BCUT2D eigenvalue weighted by Crippen LogP contribution is 2.32. The fourth-order valence-electron chi connectivity index (χ4n) is 2.66. The lowest BCUT2D eigenvalue weighted by molar-refractivity contribution is -0.138. The van der Waals surface area contributed by atoms with E-state index >= 15 is 0 Å². The summed E-state index contributed by atoms with van der Waals surface area (Å²) in [5.41, 5.74) is 0.942. The summed E-state index contributed by atoms with van der Waals surface area (Å²) in [4.78, 5) is 14.3. The number of hydrogen-bond donors (Lipinski definition) is 0. The van der Waals surface area contributed by atoms with E-state index in [2.05, 4.69) is 0 Å². The lowest BCUT2D eigenvalue weighted by atomic mass is 10.1. The van der Waals surface area contributed by atoms with Crippen molar-refractivity contribution >= 4 is 5.91 Å². The molecule has 1 heterocycles. The monoisotopic (exact) mass is 345 g/mol. The minimum Gasteiger partial charge on any atom is -0.481 e. The van der Waals surface area contributed by atoms with E-state index in [1.165, 1.54) is 12.1 Å². The fraction of sp³-hybridized carbons (Fsp3) is 0.316. The van der Waals surface area contributed by atoms with E-state index in [4.69, 9.17) is 14.2 Å². The summed E-state index contributed by atoms with van der Waals surface area (Å²) in [6.07, 6.45) is -0.712. The molecule has 0 aromatic heterocycles. The standard InChI is InChI=1S/C19H20FNO4/c1-3-21(11-14-7-8-17-18(9-14)24-12-23-17)19(22)13(2)25-16-6-4-5-15(20)10-16/h4-10,13H,3,11-12H2,1-2H3. The van der Waals surface area contributed by atoms with Crippen molar-refractivity contribution in [2.75, 3.05) is 13.3 Å². The number of ether oxygens (including phenoxy) is 3. The van der Waals surface area contributed by atoms with Gasteiger partial charge in [-0.15, -0.1) is 0 Å². The summed E-state index contributed by atoms with van der Waals surface area (Å²) in [6, 6.07) is 11.4. The molecule has 0 saturated carbocycles. The van der Waals surface area contributed by atoms with Gasteiger partial charge in [-0.2, -0.15) is 0 Å². The van der Waals surface area contributed by atoms with Gasteiger partial charge in [0.2, 0.25) is 6.79 Å². The van der Waals surface area contributed by atoms with Gasteiger partial charge < -0.3 is 19.1 Å². The number of benzene rings is 2. The Morgan fingerprint density at radius 2 is 2.04 bits per heavy atom. The zero-order valence-corrected chi connectivity index (χ0v) is 14.2. The Labute approximate surface area is 145 Å². The average Bonchev–Trinajstić information content (AvgIpc) is 3.06. The van der Waals surface area contributed by atoms with Crippen LogP contribution in [0.2, 0.25) is 0 Å². The van der Waals surface area contributed by atoms with Gasteiger partial charge in [-0.3, -0.25) is 4.79 Å². The molecule has 0 spiro atoms. The predicted octanol–water partition coefficient (Wildman–Crippen LogP) is 3.37. The summed E-state index contributed by atoms with van der Waals surface area (Å²) in [5, 5.41) is 0.